The maximum atomic E-state index is 11.4. The van der Waals surface area contributed by atoms with Crippen molar-refractivity contribution in [2.45, 2.75) is 115 Å². The lowest BCUT2D eigenvalue weighted by Gasteiger charge is -2.10. The SMILES string of the molecule is CCCCCCCCCC(O)CCCCCCCC(=O)OC[C@H](O)CO. The van der Waals surface area contributed by atoms with E-state index < -0.39 is 12.7 Å². The molecule has 0 saturated carbocycles. The Hall–Kier alpha value is -0.650. The number of hydrogen-bond donors (Lipinski definition) is 3. The molecule has 0 amide bonds. The van der Waals surface area contributed by atoms with E-state index in [1.165, 1.54) is 38.5 Å². The number of aliphatic hydroxyl groups excluding tert-OH is 3. The van der Waals surface area contributed by atoms with Crippen LogP contribution in [0.15, 0.2) is 0 Å². The molecular weight excluding hydrogens is 332 g/mol. The second kappa shape index (κ2) is 19.1. The van der Waals surface area contributed by atoms with Crippen LogP contribution in [0.25, 0.3) is 0 Å². The molecule has 0 fully saturated rings. The number of rotatable bonds is 19. The lowest BCUT2D eigenvalue weighted by atomic mass is 10.0. The Balaban J connectivity index is 3.29. The van der Waals surface area contributed by atoms with Gasteiger partial charge in [-0.2, -0.15) is 0 Å². The highest BCUT2D eigenvalue weighted by molar-refractivity contribution is 5.69. The summed E-state index contributed by atoms with van der Waals surface area (Å²) >= 11 is 0. The highest BCUT2D eigenvalue weighted by Crippen LogP contribution is 2.14. The molecule has 3 N–H and O–H groups in total. The molecule has 0 aromatic heterocycles. The lowest BCUT2D eigenvalue weighted by molar-refractivity contribution is -0.147. The van der Waals surface area contributed by atoms with Crippen molar-refractivity contribution in [1.82, 2.24) is 0 Å². The fourth-order valence-electron chi connectivity index (χ4n) is 2.98. The van der Waals surface area contributed by atoms with Crippen LogP contribution >= 0.6 is 0 Å². The topological polar surface area (TPSA) is 87.0 Å². The molecule has 0 aliphatic carbocycles. The van der Waals surface area contributed by atoms with E-state index in [2.05, 4.69) is 6.92 Å². The largest absolute Gasteiger partial charge is 0.463 e. The zero-order valence-electron chi connectivity index (χ0n) is 16.8. The second-order valence-corrected chi connectivity index (χ2v) is 7.39. The number of hydrogen-bond acceptors (Lipinski definition) is 5. The van der Waals surface area contributed by atoms with Gasteiger partial charge in [-0.25, -0.2) is 0 Å². The number of carbonyl (C=O) groups is 1. The third-order valence-corrected chi connectivity index (χ3v) is 4.71. The fourth-order valence-corrected chi connectivity index (χ4v) is 2.98. The molecule has 0 bridgehead atoms. The Kier molecular flexibility index (Phi) is 18.6. The summed E-state index contributed by atoms with van der Waals surface area (Å²) in [5.41, 5.74) is 0. The number of ether oxygens (including phenoxy) is 1. The lowest BCUT2D eigenvalue weighted by Crippen LogP contribution is -2.21. The first-order valence-electron chi connectivity index (χ1n) is 10.7. The van der Waals surface area contributed by atoms with Crippen LogP contribution in [-0.2, 0) is 9.53 Å². The Morgan fingerprint density at radius 3 is 1.81 bits per heavy atom. The highest BCUT2D eigenvalue weighted by Gasteiger charge is 2.07. The van der Waals surface area contributed by atoms with Crippen molar-refractivity contribution in [2.24, 2.45) is 0 Å². The molecule has 0 heterocycles. The standard InChI is InChI=1S/C21H42O5/c1-2-3-4-5-6-8-11-14-19(23)15-12-9-7-10-13-16-21(25)26-18-20(24)17-22/h19-20,22-24H,2-18H2,1H3/t19?,20-/m1/s1. The minimum absolute atomic E-state index is 0.133. The van der Waals surface area contributed by atoms with Crippen LogP contribution in [0.3, 0.4) is 0 Å². The van der Waals surface area contributed by atoms with Gasteiger partial charge in [-0.15, -0.1) is 0 Å². The molecule has 1 unspecified atom stereocenters. The molecule has 0 rings (SSSR count). The molecule has 26 heavy (non-hydrogen) atoms. The second-order valence-electron chi connectivity index (χ2n) is 7.39. The Bertz CT molecular complexity index is 309. The minimum Gasteiger partial charge on any atom is -0.463 e. The molecule has 5 nitrogen and oxygen atoms in total. The summed E-state index contributed by atoms with van der Waals surface area (Å²) in [7, 11) is 0. The molecule has 0 aromatic carbocycles. The van der Waals surface area contributed by atoms with E-state index in [1.807, 2.05) is 0 Å². The summed E-state index contributed by atoms with van der Waals surface area (Å²) in [6.07, 6.45) is 15.0. The van der Waals surface area contributed by atoms with Crippen molar-refractivity contribution < 1.29 is 24.9 Å². The van der Waals surface area contributed by atoms with E-state index in [4.69, 9.17) is 14.9 Å². The summed E-state index contributed by atoms with van der Waals surface area (Å²) in [5, 5.41) is 27.7. The van der Waals surface area contributed by atoms with Gasteiger partial charge in [0.05, 0.1) is 12.7 Å². The fraction of sp³-hybridized carbons (Fsp3) is 0.952. The van der Waals surface area contributed by atoms with Crippen LogP contribution in [0.1, 0.15) is 103 Å². The average Bonchev–Trinajstić information content (AvgIpc) is 2.64. The average molecular weight is 375 g/mol. The quantitative estimate of drug-likeness (QED) is 0.234. The molecule has 0 aliphatic heterocycles. The molecule has 0 radical (unpaired) electrons. The van der Waals surface area contributed by atoms with E-state index in [-0.39, 0.29) is 18.7 Å². The van der Waals surface area contributed by atoms with Crippen molar-refractivity contribution >= 4 is 5.97 Å². The van der Waals surface area contributed by atoms with Crippen LogP contribution < -0.4 is 0 Å². The van der Waals surface area contributed by atoms with Gasteiger partial charge in [0.1, 0.15) is 12.7 Å². The van der Waals surface area contributed by atoms with Gasteiger partial charge in [-0.1, -0.05) is 77.6 Å². The summed E-state index contributed by atoms with van der Waals surface area (Å²) in [6, 6.07) is 0. The van der Waals surface area contributed by atoms with E-state index >= 15 is 0 Å². The number of carbonyl (C=O) groups excluding carboxylic acids is 1. The van der Waals surface area contributed by atoms with Gasteiger partial charge in [0.2, 0.25) is 0 Å². The smallest absolute Gasteiger partial charge is 0.305 e. The van der Waals surface area contributed by atoms with E-state index in [0.29, 0.717) is 6.42 Å². The predicted molar refractivity (Wildman–Crippen MR) is 105 cm³/mol. The van der Waals surface area contributed by atoms with Crippen LogP contribution in [-0.4, -0.2) is 46.7 Å². The highest BCUT2D eigenvalue weighted by atomic mass is 16.5. The van der Waals surface area contributed by atoms with Crippen molar-refractivity contribution in [3.05, 3.63) is 0 Å². The van der Waals surface area contributed by atoms with Gasteiger partial charge in [0.25, 0.3) is 0 Å². The van der Waals surface area contributed by atoms with Crippen LogP contribution in [0.4, 0.5) is 0 Å². The number of esters is 1. The summed E-state index contributed by atoms with van der Waals surface area (Å²) in [6.45, 7) is 1.71. The van der Waals surface area contributed by atoms with Crippen molar-refractivity contribution in [3.63, 3.8) is 0 Å². The molecule has 0 spiro atoms. The molecule has 2 atom stereocenters. The summed E-state index contributed by atoms with van der Waals surface area (Å²) in [5.74, 6) is -0.317. The van der Waals surface area contributed by atoms with Gasteiger partial charge < -0.3 is 20.1 Å². The number of unbranched alkanes of at least 4 members (excludes halogenated alkanes) is 10. The first-order valence-corrected chi connectivity index (χ1v) is 10.7. The maximum absolute atomic E-state index is 11.4. The Morgan fingerprint density at radius 2 is 1.27 bits per heavy atom. The Morgan fingerprint density at radius 1 is 0.769 bits per heavy atom. The van der Waals surface area contributed by atoms with Crippen LogP contribution in [0, 0.1) is 0 Å². The van der Waals surface area contributed by atoms with Crippen molar-refractivity contribution in [3.8, 4) is 0 Å². The van der Waals surface area contributed by atoms with Gasteiger partial charge >= 0.3 is 5.97 Å². The Labute approximate surface area is 160 Å². The summed E-state index contributed by atoms with van der Waals surface area (Å²) < 4.78 is 4.85. The van der Waals surface area contributed by atoms with Crippen LogP contribution in [0.5, 0.6) is 0 Å². The molecule has 0 aliphatic rings. The van der Waals surface area contributed by atoms with Gasteiger partial charge in [0, 0.05) is 6.42 Å². The van der Waals surface area contributed by atoms with Gasteiger partial charge in [0.15, 0.2) is 0 Å². The van der Waals surface area contributed by atoms with Crippen LogP contribution in [0.2, 0.25) is 0 Å². The van der Waals surface area contributed by atoms with Crippen molar-refractivity contribution in [2.75, 3.05) is 13.2 Å². The van der Waals surface area contributed by atoms with E-state index in [1.54, 1.807) is 0 Å². The van der Waals surface area contributed by atoms with Gasteiger partial charge in [-0.05, 0) is 19.3 Å². The molecule has 5 heteroatoms. The molecule has 0 saturated heterocycles. The normalized spacial score (nSPS) is 13.5. The first-order chi connectivity index (χ1) is 12.6. The van der Waals surface area contributed by atoms with Gasteiger partial charge in [-0.3, -0.25) is 4.79 Å². The van der Waals surface area contributed by atoms with Crippen molar-refractivity contribution in [1.29, 1.82) is 0 Å². The molecular formula is C21H42O5. The zero-order valence-corrected chi connectivity index (χ0v) is 16.8. The zero-order chi connectivity index (χ0) is 19.5. The monoisotopic (exact) mass is 374 g/mol. The minimum atomic E-state index is -0.980. The molecule has 0 aromatic rings. The maximum Gasteiger partial charge on any atom is 0.305 e. The predicted octanol–water partition coefficient (Wildman–Crippen LogP) is 4.12. The number of aliphatic hydroxyl groups is 3. The summed E-state index contributed by atoms with van der Waals surface area (Å²) in [4.78, 5) is 11.4. The third kappa shape index (κ3) is 18.2. The first kappa shape index (κ1) is 25.4. The van der Waals surface area contributed by atoms with E-state index in [0.717, 1.165) is 51.4 Å². The molecule has 156 valence electrons. The van der Waals surface area contributed by atoms with E-state index in [9.17, 15) is 9.90 Å². The third-order valence-electron chi connectivity index (χ3n) is 4.71.